The van der Waals surface area contributed by atoms with Gasteiger partial charge in [-0.3, -0.25) is 0 Å². The van der Waals surface area contributed by atoms with Crippen LogP contribution in [0.15, 0.2) is 36.1 Å². The Balaban J connectivity index is 2.51. The highest BCUT2D eigenvalue weighted by atomic mass is 16.5. The minimum absolute atomic E-state index is 0.539. The maximum absolute atomic E-state index is 5.21. The molecule has 0 aromatic carbocycles. The molecule has 1 aliphatic carbocycles. The van der Waals surface area contributed by atoms with Crippen molar-refractivity contribution in [3.05, 3.63) is 36.1 Å². The van der Waals surface area contributed by atoms with Gasteiger partial charge in [0.2, 0.25) is 0 Å². The molecule has 1 rings (SSSR count). The standard InChI is InChI=1S/C17H24O/c1-5-16(13-11-15(4)18-6-2)12-10-14(3)17-8-7-9-17/h5,10,12,14,17H,4,6-9H2,1-3H3/b12-10-,16-5+/t14-/m0/s1. The van der Waals surface area contributed by atoms with Crippen molar-refractivity contribution < 1.29 is 4.74 Å². The van der Waals surface area contributed by atoms with E-state index in [0.29, 0.717) is 18.3 Å². The monoisotopic (exact) mass is 244 g/mol. The molecular formula is C17H24O. The second-order valence-corrected chi connectivity index (χ2v) is 4.76. The Labute approximate surface area is 112 Å². The van der Waals surface area contributed by atoms with Gasteiger partial charge in [-0.1, -0.05) is 37.5 Å². The molecule has 1 saturated carbocycles. The molecule has 0 aliphatic heterocycles. The molecule has 1 aliphatic rings. The van der Waals surface area contributed by atoms with Gasteiger partial charge < -0.3 is 4.74 Å². The molecule has 0 unspecified atom stereocenters. The Morgan fingerprint density at radius 2 is 2.17 bits per heavy atom. The van der Waals surface area contributed by atoms with E-state index in [1.807, 2.05) is 19.9 Å². The molecule has 1 heteroatoms. The van der Waals surface area contributed by atoms with Gasteiger partial charge in [-0.2, -0.15) is 0 Å². The predicted molar refractivity (Wildman–Crippen MR) is 77.9 cm³/mol. The Bertz CT molecular complexity index is 386. The third kappa shape index (κ3) is 4.84. The summed E-state index contributed by atoms with van der Waals surface area (Å²) in [6.07, 6.45) is 10.6. The summed E-state index contributed by atoms with van der Waals surface area (Å²) in [6, 6.07) is 0. The van der Waals surface area contributed by atoms with Crippen molar-refractivity contribution in [1.82, 2.24) is 0 Å². The number of rotatable bonds is 5. The zero-order chi connectivity index (χ0) is 13.4. The molecule has 18 heavy (non-hydrogen) atoms. The highest BCUT2D eigenvalue weighted by Gasteiger charge is 2.21. The quantitative estimate of drug-likeness (QED) is 0.393. The first-order valence-electron chi connectivity index (χ1n) is 6.85. The number of hydrogen-bond donors (Lipinski definition) is 0. The lowest BCUT2D eigenvalue weighted by atomic mass is 9.76. The lowest BCUT2D eigenvalue weighted by Crippen LogP contribution is -2.17. The Morgan fingerprint density at radius 3 is 2.67 bits per heavy atom. The van der Waals surface area contributed by atoms with Crippen molar-refractivity contribution in [2.45, 2.75) is 40.0 Å². The van der Waals surface area contributed by atoms with Gasteiger partial charge in [0.25, 0.3) is 0 Å². The molecule has 0 bridgehead atoms. The van der Waals surface area contributed by atoms with E-state index in [1.54, 1.807) is 0 Å². The van der Waals surface area contributed by atoms with Crippen LogP contribution in [0.1, 0.15) is 40.0 Å². The summed E-state index contributed by atoms with van der Waals surface area (Å²) in [5, 5.41) is 0. The molecule has 0 radical (unpaired) electrons. The first-order valence-corrected chi connectivity index (χ1v) is 6.85. The summed E-state index contributed by atoms with van der Waals surface area (Å²) in [4.78, 5) is 0. The van der Waals surface area contributed by atoms with Crippen molar-refractivity contribution in [2.24, 2.45) is 11.8 Å². The molecule has 0 saturated heterocycles. The van der Waals surface area contributed by atoms with Crippen molar-refractivity contribution in [3.8, 4) is 11.8 Å². The third-order valence-corrected chi connectivity index (χ3v) is 3.45. The Morgan fingerprint density at radius 1 is 1.44 bits per heavy atom. The van der Waals surface area contributed by atoms with Crippen LogP contribution >= 0.6 is 0 Å². The first kappa shape index (κ1) is 14.6. The van der Waals surface area contributed by atoms with E-state index in [1.165, 1.54) is 19.3 Å². The van der Waals surface area contributed by atoms with Crippen LogP contribution in [-0.2, 0) is 4.74 Å². The second kappa shape index (κ2) is 7.82. The van der Waals surface area contributed by atoms with Crippen LogP contribution in [0.4, 0.5) is 0 Å². The fourth-order valence-electron chi connectivity index (χ4n) is 1.94. The second-order valence-electron chi connectivity index (χ2n) is 4.76. The first-order chi connectivity index (χ1) is 8.67. The van der Waals surface area contributed by atoms with E-state index >= 15 is 0 Å². The summed E-state index contributed by atoms with van der Waals surface area (Å²) in [7, 11) is 0. The SMILES string of the molecule is C=C(C#CC(/C=C\[C@H](C)C1CCC1)=C/C)OCC. The normalized spacial score (nSPS) is 17.8. The molecule has 1 nitrogen and oxygen atoms in total. The maximum Gasteiger partial charge on any atom is 0.163 e. The van der Waals surface area contributed by atoms with Gasteiger partial charge in [0.05, 0.1) is 6.61 Å². The van der Waals surface area contributed by atoms with Crippen molar-refractivity contribution in [1.29, 1.82) is 0 Å². The van der Waals surface area contributed by atoms with E-state index in [2.05, 4.69) is 37.5 Å². The third-order valence-electron chi connectivity index (χ3n) is 3.45. The van der Waals surface area contributed by atoms with Crippen LogP contribution in [0.2, 0.25) is 0 Å². The van der Waals surface area contributed by atoms with E-state index in [4.69, 9.17) is 4.74 Å². The molecule has 0 spiro atoms. The molecule has 0 aromatic rings. The van der Waals surface area contributed by atoms with Crippen LogP contribution in [0.25, 0.3) is 0 Å². The summed E-state index contributed by atoms with van der Waals surface area (Å²) in [6.45, 7) is 10.6. The summed E-state index contributed by atoms with van der Waals surface area (Å²) < 4.78 is 5.21. The average molecular weight is 244 g/mol. The molecule has 0 N–H and O–H groups in total. The van der Waals surface area contributed by atoms with E-state index in [-0.39, 0.29) is 0 Å². The fraction of sp³-hybridized carbons (Fsp3) is 0.529. The topological polar surface area (TPSA) is 9.23 Å². The largest absolute Gasteiger partial charge is 0.486 e. The number of allylic oxidation sites excluding steroid dienone is 5. The van der Waals surface area contributed by atoms with Crippen LogP contribution in [0.3, 0.4) is 0 Å². The van der Waals surface area contributed by atoms with Gasteiger partial charge in [-0.05, 0) is 51.0 Å². The van der Waals surface area contributed by atoms with Crippen molar-refractivity contribution in [2.75, 3.05) is 6.61 Å². The van der Waals surface area contributed by atoms with Crippen molar-refractivity contribution >= 4 is 0 Å². The van der Waals surface area contributed by atoms with Crippen LogP contribution < -0.4 is 0 Å². The smallest absolute Gasteiger partial charge is 0.163 e. The predicted octanol–water partition coefficient (Wildman–Crippen LogP) is 4.48. The maximum atomic E-state index is 5.21. The van der Waals surface area contributed by atoms with E-state index < -0.39 is 0 Å². The van der Waals surface area contributed by atoms with Gasteiger partial charge in [-0.25, -0.2) is 0 Å². The van der Waals surface area contributed by atoms with Crippen LogP contribution in [-0.4, -0.2) is 6.61 Å². The van der Waals surface area contributed by atoms with Gasteiger partial charge in [0, 0.05) is 5.57 Å². The minimum atomic E-state index is 0.539. The van der Waals surface area contributed by atoms with Crippen LogP contribution in [0.5, 0.6) is 0 Å². The fourth-order valence-corrected chi connectivity index (χ4v) is 1.94. The molecule has 0 aromatic heterocycles. The molecule has 1 atom stereocenters. The highest BCUT2D eigenvalue weighted by Crippen LogP contribution is 2.33. The average Bonchev–Trinajstić information content (AvgIpc) is 2.27. The van der Waals surface area contributed by atoms with E-state index in [0.717, 1.165) is 11.5 Å². The van der Waals surface area contributed by atoms with Gasteiger partial charge in [0.15, 0.2) is 5.76 Å². The van der Waals surface area contributed by atoms with Gasteiger partial charge in [-0.15, -0.1) is 0 Å². The van der Waals surface area contributed by atoms with Gasteiger partial charge in [0.1, 0.15) is 0 Å². The van der Waals surface area contributed by atoms with Crippen molar-refractivity contribution in [3.63, 3.8) is 0 Å². The summed E-state index contributed by atoms with van der Waals surface area (Å²) >= 11 is 0. The zero-order valence-electron chi connectivity index (χ0n) is 11.8. The minimum Gasteiger partial charge on any atom is -0.486 e. The lowest BCUT2D eigenvalue weighted by molar-refractivity contribution is 0.248. The molecular weight excluding hydrogens is 220 g/mol. The van der Waals surface area contributed by atoms with Crippen LogP contribution in [0, 0.1) is 23.7 Å². The zero-order valence-corrected chi connectivity index (χ0v) is 11.8. The summed E-state index contributed by atoms with van der Waals surface area (Å²) in [5.41, 5.74) is 1.03. The highest BCUT2D eigenvalue weighted by molar-refractivity contribution is 5.41. The molecule has 0 amide bonds. The molecule has 0 heterocycles. The molecule has 1 fully saturated rings. The van der Waals surface area contributed by atoms with Gasteiger partial charge >= 0.3 is 0 Å². The Kier molecular flexibility index (Phi) is 6.36. The van der Waals surface area contributed by atoms with E-state index in [9.17, 15) is 0 Å². The Hall–Kier alpha value is -1.42. The number of ether oxygens (including phenoxy) is 1. The molecule has 98 valence electrons. The number of hydrogen-bond acceptors (Lipinski definition) is 1. The summed E-state index contributed by atoms with van der Waals surface area (Å²) in [5.74, 6) is 8.09. The lowest BCUT2D eigenvalue weighted by Gasteiger charge is -2.29.